The first-order valence-corrected chi connectivity index (χ1v) is 11.7. The number of hydrogen-bond donors (Lipinski definition) is 1. The smallest absolute Gasteiger partial charge is 0.330 e. The van der Waals surface area contributed by atoms with Crippen LogP contribution in [0.4, 0.5) is 5.69 Å². The third-order valence-electron chi connectivity index (χ3n) is 7.15. The average Bonchev–Trinajstić information content (AvgIpc) is 3.35. The largest absolute Gasteiger partial charge is 0.427 e. The van der Waals surface area contributed by atoms with Crippen LogP contribution in [-0.2, 0) is 11.1 Å². The SMILES string of the molecule is Cc1nc2nc(C)c(C[C@@H]3CCN(c4ccc([B]OC(C)(C)C(C)(C)O)cc4)C3)c(C)n2n1. The van der Waals surface area contributed by atoms with E-state index in [1.54, 1.807) is 21.3 Å². The van der Waals surface area contributed by atoms with Gasteiger partial charge in [-0.3, -0.25) is 0 Å². The first kappa shape index (κ1) is 23.7. The molecule has 0 saturated carbocycles. The zero-order valence-electron chi connectivity index (χ0n) is 20.9. The molecular formula is C25H35BN5O2. The number of aromatic nitrogens is 4. The van der Waals surface area contributed by atoms with Gasteiger partial charge in [-0.1, -0.05) is 17.6 Å². The van der Waals surface area contributed by atoms with Crippen molar-refractivity contribution in [1.29, 1.82) is 0 Å². The molecule has 0 aliphatic carbocycles. The summed E-state index contributed by atoms with van der Waals surface area (Å²) in [4.78, 5) is 11.5. The van der Waals surface area contributed by atoms with Crippen LogP contribution in [0.2, 0.25) is 0 Å². The van der Waals surface area contributed by atoms with E-state index >= 15 is 0 Å². The molecule has 8 heteroatoms. The summed E-state index contributed by atoms with van der Waals surface area (Å²) in [5, 5.41) is 14.8. The van der Waals surface area contributed by atoms with E-state index in [0.29, 0.717) is 11.7 Å². The summed E-state index contributed by atoms with van der Waals surface area (Å²) < 4.78 is 7.75. The number of rotatable bonds is 7. The fourth-order valence-electron chi connectivity index (χ4n) is 4.25. The highest BCUT2D eigenvalue weighted by atomic mass is 16.5. The first-order valence-electron chi connectivity index (χ1n) is 11.7. The normalized spacial score (nSPS) is 17.2. The van der Waals surface area contributed by atoms with E-state index in [2.05, 4.69) is 58.1 Å². The molecule has 1 aliphatic heterocycles. The van der Waals surface area contributed by atoms with Crippen molar-refractivity contribution in [3.63, 3.8) is 0 Å². The summed E-state index contributed by atoms with van der Waals surface area (Å²) in [7, 11) is 1.73. The first-order chi connectivity index (χ1) is 15.4. The third kappa shape index (κ3) is 4.92. The molecule has 4 rings (SSSR count). The van der Waals surface area contributed by atoms with Crippen LogP contribution < -0.4 is 10.4 Å². The Balaban J connectivity index is 1.39. The van der Waals surface area contributed by atoms with Crippen LogP contribution in [0.25, 0.3) is 5.78 Å². The molecule has 0 unspecified atom stereocenters. The van der Waals surface area contributed by atoms with E-state index in [9.17, 15) is 5.11 Å². The van der Waals surface area contributed by atoms with E-state index in [1.165, 1.54) is 11.3 Å². The number of benzene rings is 1. The van der Waals surface area contributed by atoms with Gasteiger partial charge in [0, 0.05) is 30.2 Å². The minimum atomic E-state index is -0.933. The van der Waals surface area contributed by atoms with Crippen molar-refractivity contribution in [2.45, 2.75) is 72.5 Å². The highest BCUT2D eigenvalue weighted by Crippen LogP contribution is 2.28. The average molecular weight is 448 g/mol. The maximum atomic E-state index is 10.3. The van der Waals surface area contributed by atoms with Gasteiger partial charge in [0.2, 0.25) is 0 Å². The van der Waals surface area contributed by atoms with Crippen molar-refractivity contribution in [3.8, 4) is 0 Å². The Morgan fingerprint density at radius 3 is 2.45 bits per heavy atom. The number of anilines is 1. The molecular weight excluding hydrogens is 413 g/mol. The van der Waals surface area contributed by atoms with E-state index in [1.807, 2.05) is 25.3 Å². The van der Waals surface area contributed by atoms with Gasteiger partial charge in [-0.2, -0.15) is 10.1 Å². The van der Waals surface area contributed by atoms with Gasteiger partial charge in [0.15, 0.2) is 0 Å². The monoisotopic (exact) mass is 448 g/mol. The lowest BCUT2D eigenvalue weighted by Crippen LogP contribution is -2.49. The quantitative estimate of drug-likeness (QED) is 0.561. The summed E-state index contributed by atoms with van der Waals surface area (Å²) >= 11 is 0. The Hall–Kier alpha value is -2.45. The number of nitrogens with zero attached hydrogens (tertiary/aromatic N) is 5. The van der Waals surface area contributed by atoms with Crippen LogP contribution in [0, 0.1) is 26.7 Å². The third-order valence-corrected chi connectivity index (χ3v) is 7.15. The van der Waals surface area contributed by atoms with Crippen LogP contribution >= 0.6 is 0 Å². The Morgan fingerprint density at radius 1 is 1.09 bits per heavy atom. The van der Waals surface area contributed by atoms with Gasteiger partial charge >= 0.3 is 7.48 Å². The molecule has 1 N–H and O–H groups in total. The zero-order valence-corrected chi connectivity index (χ0v) is 20.9. The summed E-state index contributed by atoms with van der Waals surface area (Å²) in [6.45, 7) is 15.5. The minimum absolute atomic E-state index is 0.577. The molecule has 0 bridgehead atoms. The van der Waals surface area contributed by atoms with Crippen molar-refractivity contribution >= 4 is 24.4 Å². The molecule has 3 heterocycles. The Labute approximate surface area is 197 Å². The molecule has 1 fully saturated rings. The lowest BCUT2D eigenvalue weighted by Gasteiger charge is -2.37. The molecule has 7 nitrogen and oxygen atoms in total. The molecule has 175 valence electrons. The van der Waals surface area contributed by atoms with Gasteiger partial charge in [0.1, 0.15) is 5.82 Å². The molecule has 0 spiro atoms. The van der Waals surface area contributed by atoms with Crippen molar-refractivity contribution in [2.75, 3.05) is 18.0 Å². The van der Waals surface area contributed by atoms with Gasteiger partial charge in [-0.25, -0.2) is 9.50 Å². The van der Waals surface area contributed by atoms with Gasteiger partial charge in [-0.15, -0.1) is 0 Å². The van der Waals surface area contributed by atoms with Crippen LogP contribution in [0.15, 0.2) is 24.3 Å². The topological polar surface area (TPSA) is 75.8 Å². The van der Waals surface area contributed by atoms with E-state index in [-0.39, 0.29) is 0 Å². The lowest BCUT2D eigenvalue weighted by molar-refractivity contribution is -0.0893. The van der Waals surface area contributed by atoms with Crippen molar-refractivity contribution < 1.29 is 9.76 Å². The van der Waals surface area contributed by atoms with Gasteiger partial charge in [-0.05, 0) is 84.9 Å². The standard InChI is InChI=1S/C25H35BN5O2/c1-16-22(17(2)31-23(27-16)28-18(3)29-31)14-19-12-13-30(15-19)21-10-8-20(9-11-21)26-33-25(6,7)24(4,5)32/h8-11,19,32H,12-15H2,1-7H3/t19-/m0/s1. The second-order valence-corrected chi connectivity index (χ2v) is 10.3. The van der Waals surface area contributed by atoms with Crippen LogP contribution in [0.3, 0.4) is 0 Å². The summed E-state index contributed by atoms with van der Waals surface area (Å²) in [6, 6.07) is 8.44. The van der Waals surface area contributed by atoms with Crippen LogP contribution in [-0.4, -0.2) is 56.5 Å². The molecule has 0 amide bonds. The zero-order chi connectivity index (χ0) is 24.0. The van der Waals surface area contributed by atoms with E-state index < -0.39 is 11.2 Å². The second-order valence-electron chi connectivity index (χ2n) is 10.3. The Kier molecular flexibility index (Phi) is 6.27. The number of aliphatic hydroxyl groups is 1. The summed E-state index contributed by atoms with van der Waals surface area (Å²) in [6.07, 6.45) is 2.16. The van der Waals surface area contributed by atoms with Crippen LogP contribution in [0.1, 0.15) is 56.9 Å². The van der Waals surface area contributed by atoms with Crippen molar-refractivity contribution in [1.82, 2.24) is 19.6 Å². The van der Waals surface area contributed by atoms with Crippen molar-refractivity contribution in [2.24, 2.45) is 5.92 Å². The Morgan fingerprint density at radius 2 is 1.79 bits per heavy atom. The highest BCUT2D eigenvalue weighted by Gasteiger charge is 2.35. The molecule has 1 aliphatic rings. The predicted molar refractivity (Wildman–Crippen MR) is 132 cm³/mol. The predicted octanol–water partition coefficient (Wildman–Crippen LogP) is 2.93. The molecule has 1 radical (unpaired) electrons. The van der Waals surface area contributed by atoms with E-state index in [4.69, 9.17) is 4.65 Å². The molecule has 33 heavy (non-hydrogen) atoms. The molecule has 3 aromatic rings. The van der Waals surface area contributed by atoms with Gasteiger partial charge in [0.05, 0.1) is 11.2 Å². The Bertz CT molecular complexity index is 1130. The number of aryl methyl sites for hydroxylation is 3. The lowest BCUT2D eigenvalue weighted by atomic mass is 9.82. The molecule has 2 aromatic heterocycles. The second kappa shape index (κ2) is 8.72. The maximum absolute atomic E-state index is 10.3. The minimum Gasteiger partial charge on any atom is -0.427 e. The highest BCUT2D eigenvalue weighted by molar-refractivity contribution is 6.47. The molecule has 1 saturated heterocycles. The van der Waals surface area contributed by atoms with E-state index in [0.717, 1.165) is 48.6 Å². The van der Waals surface area contributed by atoms with Gasteiger partial charge in [0.25, 0.3) is 5.78 Å². The van der Waals surface area contributed by atoms with Gasteiger partial charge < -0.3 is 14.7 Å². The van der Waals surface area contributed by atoms with Crippen molar-refractivity contribution in [3.05, 3.63) is 47.0 Å². The van der Waals surface area contributed by atoms with Crippen LogP contribution in [0.5, 0.6) is 0 Å². The number of fused-ring (bicyclic) bond motifs is 1. The number of hydrogen-bond acceptors (Lipinski definition) is 6. The molecule has 1 aromatic carbocycles. The summed E-state index contributed by atoms with van der Waals surface area (Å²) in [5.74, 6) is 2.02. The fourth-order valence-corrected chi connectivity index (χ4v) is 4.25. The maximum Gasteiger partial charge on any atom is 0.330 e. The fraction of sp³-hybridized carbons (Fsp3) is 0.560. The summed E-state index contributed by atoms with van der Waals surface area (Å²) in [5.41, 5.74) is 4.09. The molecule has 1 atom stereocenters.